The molecule has 0 bridgehead atoms. The largest absolute Gasteiger partial charge is 0.465 e. The Balaban J connectivity index is 1.92. The van der Waals surface area contributed by atoms with Gasteiger partial charge in [0, 0.05) is 6.20 Å². The molecule has 0 amide bonds. The summed E-state index contributed by atoms with van der Waals surface area (Å²) in [7, 11) is 1.36. The number of carbonyl (C=O) groups excluding carboxylic acids is 1. The Kier molecular flexibility index (Phi) is 3.77. The maximum absolute atomic E-state index is 11.8. The summed E-state index contributed by atoms with van der Waals surface area (Å²) in [4.78, 5) is 16.1. The molecule has 4 heteroatoms. The zero-order valence-electron chi connectivity index (χ0n) is 12.5. The van der Waals surface area contributed by atoms with Crippen LogP contribution in [0, 0.1) is 6.92 Å². The van der Waals surface area contributed by atoms with E-state index in [1.807, 2.05) is 37.3 Å². The Hall–Kier alpha value is -2.46. The molecule has 1 aliphatic rings. The molecule has 0 spiro atoms. The number of pyridine rings is 1. The normalized spacial score (nSPS) is 14.2. The van der Waals surface area contributed by atoms with E-state index in [2.05, 4.69) is 4.98 Å². The van der Waals surface area contributed by atoms with Crippen molar-refractivity contribution in [1.29, 1.82) is 0 Å². The minimum atomic E-state index is -0.695. The molecular weight excluding hydrogens is 278 g/mol. The van der Waals surface area contributed by atoms with E-state index >= 15 is 0 Å². The Morgan fingerprint density at radius 3 is 2.91 bits per heavy atom. The van der Waals surface area contributed by atoms with Gasteiger partial charge in [0.05, 0.1) is 18.4 Å². The summed E-state index contributed by atoms with van der Waals surface area (Å²) in [5.74, 6) is -0.377. The van der Waals surface area contributed by atoms with Crippen LogP contribution in [0.15, 0.2) is 42.1 Å². The van der Waals surface area contributed by atoms with Gasteiger partial charge < -0.3 is 9.84 Å². The molecule has 0 radical (unpaired) electrons. The van der Waals surface area contributed by atoms with Crippen LogP contribution in [0.1, 0.15) is 38.8 Å². The zero-order valence-corrected chi connectivity index (χ0v) is 12.5. The van der Waals surface area contributed by atoms with Crippen molar-refractivity contribution in [1.82, 2.24) is 4.98 Å². The average Bonchev–Trinajstić information content (AvgIpc) is 2.97. The lowest BCUT2D eigenvalue weighted by molar-refractivity contribution is 0.0599. The third-order valence-corrected chi connectivity index (χ3v) is 3.91. The number of aliphatic hydroxyl groups excluding tert-OH is 1. The van der Waals surface area contributed by atoms with Crippen LogP contribution >= 0.6 is 0 Å². The highest BCUT2D eigenvalue weighted by Crippen LogP contribution is 2.34. The van der Waals surface area contributed by atoms with Crippen LogP contribution in [-0.4, -0.2) is 23.2 Å². The maximum Gasteiger partial charge on any atom is 0.338 e. The summed E-state index contributed by atoms with van der Waals surface area (Å²) in [5.41, 5.74) is 4.83. The molecular formula is C18H17NO3. The van der Waals surface area contributed by atoms with Crippen LogP contribution in [0.3, 0.4) is 0 Å². The number of nitrogens with zero attached hydrogens (tertiary/aromatic N) is 1. The van der Waals surface area contributed by atoms with Crippen molar-refractivity contribution in [3.8, 4) is 0 Å². The third kappa shape index (κ3) is 2.53. The number of ether oxygens (including phenoxy) is 1. The number of aliphatic hydroxyl groups is 1. The van der Waals surface area contributed by atoms with Gasteiger partial charge in [-0.05, 0) is 42.2 Å². The number of benzene rings is 1. The predicted molar refractivity (Wildman–Crippen MR) is 83.4 cm³/mol. The van der Waals surface area contributed by atoms with Crippen LogP contribution in [-0.2, 0) is 11.2 Å². The summed E-state index contributed by atoms with van der Waals surface area (Å²) in [5, 5.41) is 10.6. The molecule has 2 aromatic rings. The molecule has 1 N–H and O–H groups in total. The van der Waals surface area contributed by atoms with Gasteiger partial charge in [-0.2, -0.15) is 0 Å². The molecule has 4 nitrogen and oxygen atoms in total. The van der Waals surface area contributed by atoms with Gasteiger partial charge in [0.25, 0.3) is 0 Å². The number of hydrogen-bond acceptors (Lipinski definition) is 4. The number of rotatable bonds is 3. The SMILES string of the molecule is COC(=O)c1ccnc2c1CC(C(O)c1cccc(C)c1)=C2. The second kappa shape index (κ2) is 5.73. The summed E-state index contributed by atoms with van der Waals surface area (Å²) < 4.78 is 4.81. The average molecular weight is 295 g/mol. The number of fused-ring (bicyclic) bond motifs is 1. The maximum atomic E-state index is 11.8. The van der Waals surface area contributed by atoms with Gasteiger partial charge in [-0.25, -0.2) is 4.79 Å². The van der Waals surface area contributed by atoms with Crippen LogP contribution in [0.5, 0.6) is 0 Å². The van der Waals surface area contributed by atoms with Gasteiger partial charge in [-0.1, -0.05) is 29.8 Å². The lowest BCUT2D eigenvalue weighted by atomic mass is 9.97. The molecule has 1 atom stereocenters. The van der Waals surface area contributed by atoms with Gasteiger partial charge in [-0.3, -0.25) is 4.98 Å². The Bertz CT molecular complexity index is 765. The second-order valence-electron chi connectivity index (χ2n) is 5.43. The highest BCUT2D eigenvalue weighted by molar-refractivity contribution is 5.92. The fraction of sp³-hybridized carbons (Fsp3) is 0.222. The number of carbonyl (C=O) groups is 1. The molecule has 0 saturated heterocycles. The van der Waals surface area contributed by atoms with Crippen molar-refractivity contribution in [2.75, 3.05) is 7.11 Å². The van der Waals surface area contributed by atoms with Crippen molar-refractivity contribution < 1.29 is 14.6 Å². The smallest absolute Gasteiger partial charge is 0.338 e. The van der Waals surface area contributed by atoms with Crippen LogP contribution in [0.25, 0.3) is 6.08 Å². The summed E-state index contributed by atoms with van der Waals surface area (Å²) >= 11 is 0. The molecule has 0 saturated carbocycles. The lowest BCUT2D eigenvalue weighted by Crippen LogP contribution is -2.08. The Morgan fingerprint density at radius 2 is 2.18 bits per heavy atom. The van der Waals surface area contributed by atoms with E-state index in [0.717, 1.165) is 28.0 Å². The molecule has 1 aromatic carbocycles. The molecule has 22 heavy (non-hydrogen) atoms. The van der Waals surface area contributed by atoms with E-state index in [0.29, 0.717) is 12.0 Å². The van der Waals surface area contributed by atoms with Crippen LogP contribution in [0.4, 0.5) is 0 Å². The fourth-order valence-corrected chi connectivity index (χ4v) is 2.78. The van der Waals surface area contributed by atoms with Gasteiger partial charge in [0.1, 0.15) is 6.10 Å². The molecule has 1 aromatic heterocycles. The minimum Gasteiger partial charge on any atom is -0.465 e. The summed E-state index contributed by atoms with van der Waals surface area (Å²) in [6.45, 7) is 1.99. The summed E-state index contributed by atoms with van der Waals surface area (Å²) in [6.07, 6.45) is 3.25. The monoisotopic (exact) mass is 295 g/mol. The number of aromatic nitrogens is 1. The van der Waals surface area contributed by atoms with Crippen molar-refractivity contribution in [3.63, 3.8) is 0 Å². The van der Waals surface area contributed by atoms with Gasteiger partial charge >= 0.3 is 5.97 Å². The third-order valence-electron chi connectivity index (χ3n) is 3.91. The predicted octanol–water partition coefficient (Wildman–Crippen LogP) is 2.85. The topological polar surface area (TPSA) is 59.4 Å². The molecule has 0 fully saturated rings. The Labute approximate surface area is 129 Å². The van der Waals surface area contributed by atoms with Crippen LogP contribution < -0.4 is 0 Å². The lowest BCUT2D eigenvalue weighted by Gasteiger charge is -2.13. The van der Waals surface area contributed by atoms with Crippen molar-refractivity contribution >= 4 is 12.0 Å². The first-order chi connectivity index (χ1) is 10.6. The van der Waals surface area contributed by atoms with E-state index < -0.39 is 6.10 Å². The van der Waals surface area contributed by atoms with Gasteiger partial charge in [0.2, 0.25) is 0 Å². The first-order valence-corrected chi connectivity index (χ1v) is 7.11. The number of methoxy groups -OCH3 is 1. The van der Waals surface area contributed by atoms with Crippen LogP contribution in [0.2, 0.25) is 0 Å². The first-order valence-electron chi connectivity index (χ1n) is 7.11. The second-order valence-corrected chi connectivity index (χ2v) is 5.43. The number of esters is 1. The van der Waals surface area contributed by atoms with E-state index in [1.165, 1.54) is 7.11 Å². The standard InChI is InChI=1S/C18H17NO3/c1-11-4-3-5-12(8-11)17(20)13-9-15-14(18(21)22-2)6-7-19-16(15)10-13/h3-8,10,17,20H,9H2,1-2H3. The van der Waals surface area contributed by atoms with Gasteiger partial charge in [0.15, 0.2) is 0 Å². The molecule has 0 aliphatic heterocycles. The van der Waals surface area contributed by atoms with E-state index in [9.17, 15) is 9.90 Å². The summed E-state index contributed by atoms with van der Waals surface area (Å²) in [6, 6.07) is 9.43. The highest BCUT2D eigenvalue weighted by atomic mass is 16.5. The first kappa shape index (κ1) is 14.5. The van der Waals surface area contributed by atoms with Crippen molar-refractivity contribution in [3.05, 3.63) is 70.0 Å². The number of aryl methyl sites for hydroxylation is 1. The molecule has 3 rings (SSSR count). The quantitative estimate of drug-likeness (QED) is 0.885. The number of hydrogen-bond donors (Lipinski definition) is 1. The van der Waals surface area contributed by atoms with E-state index in [-0.39, 0.29) is 5.97 Å². The minimum absolute atomic E-state index is 0.377. The molecule has 1 aliphatic carbocycles. The molecule has 1 unspecified atom stereocenters. The van der Waals surface area contributed by atoms with Gasteiger partial charge in [-0.15, -0.1) is 0 Å². The van der Waals surface area contributed by atoms with Crippen molar-refractivity contribution in [2.45, 2.75) is 19.4 Å². The zero-order chi connectivity index (χ0) is 15.7. The Morgan fingerprint density at radius 1 is 1.36 bits per heavy atom. The van der Waals surface area contributed by atoms with Crippen molar-refractivity contribution in [2.24, 2.45) is 0 Å². The fourth-order valence-electron chi connectivity index (χ4n) is 2.78. The van der Waals surface area contributed by atoms with E-state index in [4.69, 9.17) is 4.74 Å². The molecule has 1 heterocycles. The van der Waals surface area contributed by atoms with E-state index in [1.54, 1.807) is 12.3 Å². The highest BCUT2D eigenvalue weighted by Gasteiger charge is 2.25. The molecule has 112 valence electrons.